The van der Waals surface area contributed by atoms with Crippen molar-refractivity contribution in [2.75, 3.05) is 0 Å². The lowest BCUT2D eigenvalue weighted by atomic mass is 10.2. The summed E-state index contributed by atoms with van der Waals surface area (Å²) in [7, 11) is 0. The van der Waals surface area contributed by atoms with Crippen molar-refractivity contribution in [2.45, 2.75) is 0 Å². The zero-order valence-electron chi connectivity index (χ0n) is 14.1. The number of nitrogens with zero attached hydrogens (tertiary/aromatic N) is 2. The number of para-hydroxylation sites is 1. The molecule has 3 aromatic carbocycles. The Bertz CT molecular complexity index is 1030. The Morgan fingerprint density at radius 3 is 2.33 bits per heavy atom. The lowest BCUT2D eigenvalue weighted by Crippen LogP contribution is -2.08. The fraction of sp³-hybridized carbons (Fsp3) is 0. The van der Waals surface area contributed by atoms with Crippen LogP contribution < -0.4 is 9.47 Å². The van der Waals surface area contributed by atoms with Crippen LogP contribution in [0.1, 0.15) is 10.4 Å². The highest BCUT2D eigenvalue weighted by Crippen LogP contribution is 2.24. The highest BCUT2D eigenvalue weighted by atomic mass is 16.5. The number of hydrogen-bond acceptors (Lipinski definition) is 6. The molecule has 4 rings (SSSR count). The molecule has 1 heterocycles. The van der Waals surface area contributed by atoms with Crippen LogP contribution in [0.25, 0.3) is 11.5 Å². The molecular formula is C21H14N2O4. The van der Waals surface area contributed by atoms with Crippen LogP contribution in [-0.2, 0) is 0 Å². The van der Waals surface area contributed by atoms with Crippen LogP contribution in [0.4, 0.5) is 0 Å². The van der Waals surface area contributed by atoms with E-state index in [0.29, 0.717) is 28.7 Å². The van der Waals surface area contributed by atoms with Gasteiger partial charge in [-0.05, 0) is 54.6 Å². The van der Waals surface area contributed by atoms with Crippen LogP contribution in [0.5, 0.6) is 17.2 Å². The number of hydrogen-bond donors (Lipinski definition) is 0. The molecule has 4 aromatic rings. The van der Waals surface area contributed by atoms with Gasteiger partial charge in [0.25, 0.3) is 0 Å². The van der Waals surface area contributed by atoms with Crippen LogP contribution in [0.15, 0.2) is 89.7 Å². The molecule has 27 heavy (non-hydrogen) atoms. The Labute approximate surface area is 155 Å². The lowest BCUT2D eigenvalue weighted by Gasteiger charge is -2.08. The summed E-state index contributed by atoms with van der Waals surface area (Å²) in [6.07, 6.45) is 1.26. The molecule has 0 aliphatic heterocycles. The number of ether oxygens (including phenoxy) is 2. The number of carbonyl (C=O) groups excluding carboxylic acids is 1. The summed E-state index contributed by atoms with van der Waals surface area (Å²) in [4.78, 5) is 12.4. The van der Waals surface area contributed by atoms with E-state index < -0.39 is 5.97 Å². The van der Waals surface area contributed by atoms with Crippen LogP contribution in [0.2, 0.25) is 0 Å². The summed E-state index contributed by atoms with van der Waals surface area (Å²) >= 11 is 0. The number of benzene rings is 3. The zero-order chi connectivity index (χ0) is 18.5. The number of esters is 1. The van der Waals surface area contributed by atoms with E-state index in [-0.39, 0.29) is 0 Å². The summed E-state index contributed by atoms with van der Waals surface area (Å²) < 4.78 is 16.3. The van der Waals surface area contributed by atoms with Gasteiger partial charge in [0.15, 0.2) is 0 Å². The summed E-state index contributed by atoms with van der Waals surface area (Å²) in [5.41, 5.74) is 1.13. The van der Waals surface area contributed by atoms with Crippen LogP contribution in [-0.4, -0.2) is 16.2 Å². The molecule has 0 saturated carbocycles. The van der Waals surface area contributed by atoms with Crippen LogP contribution in [0, 0.1) is 0 Å². The van der Waals surface area contributed by atoms with Crippen molar-refractivity contribution < 1.29 is 18.7 Å². The second-order valence-electron chi connectivity index (χ2n) is 5.60. The Kier molecular flexibility index (Phi) is 4.61. The van der Waals surface area contributed by atoms with Gasteiger partial charge in [0, 0.05) is 5.56 Å². The van der Waals surface area contributed by atoms with Gasteiger partial charge in [-0.25, -0.2) is 4.79 Å². The predicted molar refractivity (Wildman–Crippen MR) is 97.7 cm³/mol. The van der Waals surface area contributed by atoms with Crippen molar-refractivity contribution >= 4 is 5.97 Å². The van der Waals surface area contributed by atoms with E-state index in [1.165, 1.54) is 6.39 Å². The van der Waals surface area contributed by atoms with E-state index >= 15 is 0 Å². The van der Waals surface area contributed by atoms with Crippen molar-refractivity contribution in [1.82, 2.24) is 10.2 Å². The second kappa shape index (κ2) is 7.53. The van der Waals surface area contributed by atoms with Crippen molar-refractivity contribution in [3.8, 4) is 28.7 Å². The zero-order valence-corrected chi connectivity index (χ0v) is 14.1. The largest absolute Gasteiger partial charge is 0.457 e. The van der Waals surface area contributed by atoms with E-state index in [1.807, 2.05) is 30.3 Å². The molecule has 132 valence electrons. The standard InChI is InChI=1S/C21H14N2O4/c24-21(27-18-11-9-15(10-12-18)20-23-22-14-25-20)16-5-4-8-19(13-16)26-17-6-2-1-3-7-17/h1-14H. The average molecular weight is 358 g/mol. The molecule has 0 amide bonds. The van der Waals surface area contributed by atoms with Gasteiger partial charge in [0.1, 0.15) is 17.2 Å². The first-order chi connectivity index (χ1) is 13.3. The second-order valence-corrected chi connectivity index (χ2v) is 5.60. The summed E-state index contributed by atoms with van der Waals surface area (Å²) in [5.74, 6) is 1.59. The first-order valence-electron chi connectivity index (χ1n) is 8.20. The highest BCUT2D eigenvalue weighted by Gasteiger charge is 2.11. The van der Waals surface area contributed by atoms with Crippen LogP contribution in [0.3, 0.4) is 0 Å². The van der Waals surface area contributed by atoms with Gasteiger partial charge in [0.2, 0.25) is 12.3 Å². The van der Waals surface area contributed by atoms with Gasteiger partial charge in [-0.1, -0.05) is 24.3 Å². The minimum atomic E-state index is -0.473. The predicted octanol–water partition coefficient (Wildman–Crippen LogP) is 4.75. The molecule has 0 saturated heterocycles. The monoisotopic (exact) mass is 358 g/mol. The van der Waals surface area contributed by atoms with Gasteiger partial charge in [-0.15, -0.1) is 10.2 Å². The third kappa shape index (κ3) is 4.01. The molecule has 0 spiro atoms. The van der Waals surface area contributed by atoms with Crippen LogP contribution >= 0.6 is 0 Å². The van der Waals surface area contributed by atoms with Crippen molar-refractivity contribution in [1.29, 1.82) is 0 Å². The molecule has 0 N–H and O–H groups in total. The fourth-order valence-electron chi connectivity index (χ4n) is 2.44. The Morgan fingerprint density at radius 1 is 0.815 bits per heavy atom. The Hall–Kier alpha value is -3.93. The van der Waals surface area contributed by atoms with Gasteiger partial charge < -0.3 is 13.9 Å². The molecule has 6 heteroatoms. The van der Waals surface area contributed by atoms with E-state index in [4.69, 9.17) is 13.9 Å². The van der Waals surface area contributed by atoms with Crippen molar-refractivity contribution in [3.05, 3.63) is 90.8 Å². The molecular weight excluding hydrogens is 344 g/mol. The Morgan fingerprint density at radius 2 is 1.59 bits per heavy atom. The summed E-state index contributed by atoms with van der Waals surface area (Å²) in [6, 6.07) is 23.0. The normalized spacial score (nSPS) is 10.4. The van der Waals surface area contributed by atoms with E-state index in [0.717, 1.165) is 5.56 Å². The maximum absolute atomic E-state index is 12.4. The molecule has 0 fully saturated rings. The van der Waals surface area contributed by atoms with Gasteiger partial charge >= 0.3 is 5.97 Å². The number of carbonyl (C=O) groups is 1. The molecule has 6 nitrogen and oxygen atoms in total. The number of rotatable bonds is 5. The highest BCUT2D eigenvalue weighted by molar-refractivity contribution is 5.91. The average Bonchev–Trinajstić information content (AvgIpc) is 3.24. The SMILES string of the molecule is O=C(Oc1ccc(-c2nnco2)cc1)c1cccc(Oc2ccccc2)c1. The molecule has 0 aliphatic rings. The summed E-state index contributed by atoms with van der Waals surface area (Å²) in [6.45, 7) is 0. The fourth-order valence-corrected chi connectivity index (χ4v) is 2.44. The van der Waals surface area contributed by atoms with E-state index in [1.54, 1.807) is 48.5 Å². The Balaban J connectivity index is 1.46. The van der Waals surface area contributed by atoms with Gasteiger partial charge in [-0.3, -0.25) is 0 Å². The molecule has 0 bridgehead atoms. The molecule has 0 atom stereocenters. The molecule has 0 unspecified atom stereocenters. The third-order valence-corrected chi connectivity index (χ3v) is 3.72. The lowest BCUT2D eigenvalue weighted by molar-refractivity contribution is 0.0734. The van der Waals surface area contributed by atoms with E-state index in [9.17, 15) is 4.79 Å². The van der Waals surface area contributed by atoms with Crippen molar-refractivity contribution in [3.63, 3.8) is 0 Å². The van der Waals surface area contributed by atoms with Crippen molar-refractivity contribution in [2.24, 2.45) is 0 Å². The van der Waals surface area contributed by atoms with Gasteiger partial charge in [0.05, 0.1) is 5.56 Å². The summed E-state index contributed by atoms with van der Waals surface area (Å²) in [5, 5.41) is 7.46. The third-order valence-electron chi connectivity index (χ3n) is 3.72. The molecule has 0 aliphatic carbocycles. The maximum Gasteiger partial charge on any atom is 0.343 e. The first kappa shape index (κ1) is 16.5. The first-order valence-corrected chi connectivity index (χ1v) is 8.20. The smallest absolute Gasteiger partial charge is 0.343 e. The molecule has 0 radical (unpaired) electrons. The topological polar surface area (TPSA) is 74.5 Å². The maximum atomic E-state index is 12.4. The quantitative estimate of drug-likeness (QED) is 0.379. The minimum absolute atomic E-state index is 0.393. The number of aromatic nitrogens is 2. The minimum Gasteiger partial charge on any atom is -0.457 e. The van der Waals surface area contributed by atoms with E-state index in [2.05, 4.69) is 10.2 Å². The molecule has 1 aromatic heterocycles. The van der Waals surface area contributed by atoms with Gasteiger partial charge in [-0.2, -0.15) is 0 Å².